The number of rotatable bonds is 6. The van der Waals surface area contributed by atoms with Crippen molar-refractivity contribution in [3.05, 3.63) is 30.0 Å². The van der Waals surface area contributed by atoms with E-state index in [1.54, 1.807) is 4.90 Å². The number of benzene rings is 1. The summed E-state index contributed by atoms with van der Waals surface area (Å²) in [5, 5.41) is 13.0. The van der Waals surface area contributed by atoms with E-state index in [0.29, 0.717) is 13.1 Å². The van der Waals surface area contributed by atoms with Gasteiger partial charge in [0.25, 0.3) is 0 Å². The molecule has 5 nitrogen and oxygen atoms in total. The van der Waals surface area contributed by atoms with E-state index in [0.717, 1.165) is 35.1 Å². The summed E-state index contributed by atoms with van der Waals surface area (Å²) in [6.07, 6.45) is 1.95. The molecule has 21 heavy (non-hydrogen) atoms. The number of urea groups is 1. The summed E-state index contributed by atoms with van der Waals surface area (Å²) in [5.41, 5.74) is 2.92. The minimum Gasteiger partial charge on any atom is -0.395 e. The molecule has 0 aliphatic carbocycles. The van der Waals surface area contributed by atoms with Gasteiger partial charge in [-0.2, -0.15) is 0 Å². The lowest BCUT2D eigenvalue weighted by Crippen LogP contribution is -2.37. The second-order valence-corrected chi connectivity index (χ2v) is 5.25. The van der Waals surface area contributed by atoms with Crippen LogP contribution in [-0.4, -0.2) is 40.7 Å². The monoisotopic (exact) mass is 289 g/mol. The van der Waals surface area contributed by atoms with Gasteiger partial charge < -0.3 is 20.3 Å². The summed E-state index contributed by atoms with van der Waals surface area (Å²) in [6, 6.07) is 7.68. The van der Waals surface area contributed by atoms with Gasteiger partial charge in [-0.25, -0.2) is 4.79 Å². The number of aromatic amines is 1. The number of hydrogen-bond acceptors (Lipinski definition) is 2. The highest BCUT2D eigenvalue weighted by atomic mass is 16.3. The number of anilines is 1. The lowest BCUT2D eigenvalue weighted by atomic mass is 10.2. The van der Waals surface area contributed by atoms with Crippen LogP contribution in [-0.2, 0) is 0 Å². The number of nitrogens with zero attached hydrogens (tertiary/aromatic N) is 1. The van der Waals surface area contributed by atoms with Gasteiger partial charge in [0.2, 0.25) is 0 Å². The second-order valence-electron chi connectivity index (χ2n) is 5.25. The number of nitrogens with one attached hydrogen (secondary N) is 2. The standard InChI is InChI=1S/C16H23N3O2/c1-3-4-7-19(8-9-20)16(21)18-14-5-6-15-13(11-14)10-12(2)17-15/h5-6,10-11,17,20H,3-4,7-9H2,1-2H3,(H,18,21). The van der Waals surface area contributed by atoms with E-state index >= 15 is 0 Å². The first-order chi connectivity index (χ1) is 10.1. The van der Waals surface area contributed by atoms with Gasteiger partial charge in [0.05, 0.1) is 6.61 Å². The van der Waals surface area contributed by atoms with Gasteiger partial charge in [0, 0.05) is 35.4 Å². The molecule has 0 saturated heterocycles. The van der Waals surface area contributed by atoms with Crippen molar-refractivity contribution in [3.8, 4) is 0 Å². The molecule has 0 fully saturated rings. The molecule has 2 aromatic rings. The van der Waals surface area contributed by atoms with Crippen LogP contribution in [0, 0.1) is 6.92 Å². The molecule has 1 heterocycles. The van der Waals surface area contributed by atoms with Crippen molar-refractivity contribution in [2.24, 2.45) is 0 Å². The lowest BCUT2D eigenvalue weighted by Gasteiger charge is -2.22. The third kappa shape index (κ3) is 3.98. The minimum absolute atomic E-state index is 0.0207. The maximum atomic E-state index is 12.2. The first-order valence-electron chi connectivity index (χ1n) is 7.40. The molecule has 0 bridgehead atoms. The summed E-state index contributed by atoms with van der Waals surface area (Å²) < 4.78 is 0. The molecule has 2 amide bonds. The lowest BCUT2D eigenvalue weighted by molar-refractivity contribution is 0.187. The van der Waals surface area contributed by atoms with Gasteiger partial charge in [-0.05, 0) is 37.6 Å². The van der Waals surface area contributed by atoms with Crippen LogP contribution in [0.25, 0.3) is 10.9 Å². The first-order valence-corrected chi connectivity index (χ1v) is 7.40. The van der Waals surface area contributed by atoms with Gasteiger partial charge in [0.15, 0.2) is 0 Å². The van der Waals surface area contributed by atoms with Gasteiger partial charge in [-0.3, -0.25) is 0 Å². The number of carbonyl (C=O) groups excluding carboxylic acids is 1. The van der Waals surface area contributed by atoms with Crippen LogP contribution in [0.15, 0.2) is 24.3 Å². The largest absolute Gasteiger partial charge is 0.395 e. The van der Waals surface area contributed by atoms with Crippen LogP contribution < -0.4 is 5.32 Å². The van der Waals surface area contributed by atoms with Gasteiger partial charge in [0.1, 0.15) is 0 Å². The maximum Gasteiger partial charge on any atom is 0.321 e. The Morgan fingerprint density at radius 1 is 1.33 bits per heavy atom. The molecule has 114 valence electrons. The van der Waals surface area contributed by atoms with Crippen molar-refractivity contribution < 1.29 is 9.90 Å². The van der Waals surface area contributed by atoms with Crippen LogP contribution in [0.2, 0.25) is 0 Å². The zero-order valence-corrected chi connectivity index (χ0v) is 12.6. The van der Waals surface area contributed by atoms with E-state index in [1.807, 2.05) is 31.2 Å². The van der Waals surface area contributed by atoms with Crippen molar-refractivity contribution in [2.75, 3.05) is 25.0 Å². The Morgan fingerprint density at radius 3 is 2.86 bits per heavy atom. The highest BCUT2D eigenvalue weighted by molar-refractivity contribution is 5.93. The number of H-pyrrole nitrogens is 1. The van der Waals surface area contributed by atoms with E-state index in [2.05, 4.69) is 17.2 Å². The topological polar surface area (TPSA) is 68.4 Å². The fraction of sp³-hybridized carbons (Fsp3) is 0.438. The molecule has 1 aromatic carbocycles. The highest BCUT2D eigenvalue weighted by Gasteiger charge is 2.12. The smallest absolute Gasteiger partial charge is 0.321 e. The molecular formula is C16H23N3O2. The molecule has 0 saturated carbocycles. The SMILES string of the molecule is CCCCN(CCO)C(=O)Nc1ccc2[nH]c(C)cc2c1. The van der Waals surface area contributed by atoms with Crippen molar-refractivity contribution in [1.29, 1.82) is 0 Å². The summed E-state index contributed by atoms with van der Waals surface area (Å²) in [6.45, 7) is 5.09. The average Bonchev–Trinajstić information content (AvgIpc) is 2.82. The third-order valence-corrected chi connectivity index (χ3v) is 3.45. The van der Waals surface area contributed by atoms with Crippen molar-refractivity contribution in [3.63, 3.8) is 0 Å². The summed E-state index contributed by atoms with van der Waals surface area (Å²) in [4.78, 5) is 17.1. The number of carbonyl (C=O) groups is 1. The number of hydrogen-bond donors (Lipinski definition) is 3. The Balaban J connectivity index is 2.07. The number of aliphatic hydroxyl groups is 1. The molecule has 0 spiro atoms. The van der Waals surface area contributed by atoms with E-state index in [-0.39, 0.29) is 12.6 Å². The second kappa shape index (κ2) is 7.13. The van der Waals surface area contributed by atoms with Crippen LogP contribution in [0.1, 0.15) is 25.5 Å². The molecule has 0 aliphatic heterocycles. The zero-order chi connectivity index (χ0) is 15.2. The molecule has 0 unspecified atom stereocenters. The van der Waals surface area contributed by atoms with Crippen LogP contribution in [0.5, 0.6) is 0 Å². The van der Waals surface area contributed by atoms with Crippen LogP contribution >= 0.6 is 0 Å². The Labute approximate surface area is 125 Å². The van der Waals surface area contributed by atoms with Crippen LogP contribution in [0.4, 0.5) is 10.5 Å². The van der Waals surface area contributed by atoms with E-state index < -0.39 is 0 Å². The quantitative estimate of drug-likeness (QED) is 0.765. The Kier molecular flexibility index (Phi) is 5.22. The highest BCUT2D eigenvalue weighted by Crippen LogP contribution is 2.20. The summed E-state index contributed by atoms with van der Waals surface area (Å²) in [5.74, 6) is 0. The fourth-order valence-corrected chi connectivity index (χ4v) is 2.34. The number of aryl methyl sites for hydroxylation is 1. The molecule has 5 heteroatoms. The van der Waals surface area contributed by atoms with Gasteiger partial charge >= 0.3 is 6.03 Å². The molecule has 1 aromatic heterocycles. The fourth-order valence-electron chi connectivity index (χ4n) is 2.34. The molecular weight excluding hydrogens is 266 g/mol. The molecule has 0 radical (unpaired) electrons. The number of fused-ring (bicyclic) bond motifs is 1. The van der Waals surface area contributed by atoms with Gasteiger partial charge in [-0.15, -0.1) is 0 Å². The third-order valence-electron chi connectivity index (χ3n) is 3.45. The predicted molar refractivity (Wildman–Crippen MR) is 85.6 cm³/mol. The van der Waals surface area contributed by atoms with Gasteiger partial charge in [-0.1, -0.05) is 13.3 Å². The Hall–Kier alpha value is -2.01. The predicted octanol–water partition coefficient (Wildman–Crippen LogP) is 3.10. The Bertz CT molecular complexity index is 607. The summed E-state index contributed by atoms with van der Waals surface area (Å²) >= 11 is 0. The molecule has 2 rings (SSSR count). The number of unbranched alkanes of at least 4 members (excludes halogenated alkanes) is 1. The normalized spacial score (nSPS) is 10.8. The van der Waals surface area contributed by atoms with Crippen molar-refractivity contribution in [2.45, 2.75) is 26.7 Å². The zero-order valence-electron chi connectivity index (χ0n) is 12.6. The maximum absolute atomic E-state index is 12.2. The van der Waals surface area contributed by atoms with E-state index in [1.165, 1.54) is 0 Å². The van der Waals surface area contributed by atoms with Crippen molar-refractivity contribution in [1.82, 2.24) is 9.88 Å². The number of aromatic nitrogens is 1. The molecule has 0 atom stereocenters. The first kappa shape index (κ1) is 15.4. The minimum atomic E-state index is -0.163. The molecule has 3 N–H and O–H groups in total. The number of aliphatic hydroxyl groups excluding tert-OH is 1. The van der Waals surface area contributed by atoms with E-state index in [4.69, 9.17) is 5.11 Å². The average molecular weight is 289 g/mol. The summed E-state index contributed by atoms with van der Waals surface area (Å²) in [7, 11) is 0. The number of amides is 2. The Morgan fingerprint density at radius 2 is 2.14 bits per heavy atom. The van der Waals surface area contributed by atoms with Crippen molar-refractivity contribution >= 4 is 22.6 Å². The van der Waals surface area contributed by atoms with Crippen LogP contribution in [0.3, 0.4) is 0 Å². The van der Waals surface area contributed by atoms with E-state index in [9.17, 15) is 4.79 Å². The molecule has 0 aliphatic rings.